The maximum Gasteiger partial charge on any atom is 0.325 e. The van der Waals surface area contributed by atoms with E-state index in [2.05, 4.69) is 5.32 Å². The van der Waals surface area contributed by atoms with Crippen LogP contribution in [0.15, 0.2) is 42.0 Å². The van der Waals surface area contributed by atoms with Crippen LogP contribution in [0.2, 0.25) is 0 Å². The molecule has 2 atom stereocenters. The summed E-state index contributed by atoms with van der Waals surface area (Å²) in [6.45, 7) is 7.79. The molecule has 1 aromatic carbocycles. The van der Waals surface area contributed by atoms with Crippen molar-refractivity contribution < 1.29 is 28.7 Å². The monoisotopic (exact) mass is 528 g/mol. The molecule has 10 nitrogen and oxygen atoms in total. The summed E-state index contributed by atoms with van der Waals surface area (Å²) in [5.41, 5.74) is 1.29. The lowest BCUT2D eigenvalue weighted by Crippen LogP contribution is -2.49. The molecule has 0 aliphatic carbocycles. The van der Waals surface area contributed by atoms with Crippen molar-refractivity contribution >= 4 is 30.1 Å². The average molecular weight is 529 g/mol. The van der Waals surface area contributed by atoms with Gasteiger partial charge in [-0.2, -0.15) is 0 Å². The fourth-order valence-electron chi connectivity index (χ4n) is 4.58. The molecule has 1 fully saturated rings. The number of nitrogens with zero attached hydrogens (tertiary/aromatic N) is 3. The molecule has 0 bridgehead atoms. The number of hydrogen-bond donors (Lipinski definition) is 1. The van der Waals surface area contributed by atoms with E-state index in [1.54, 1.807) is 31.9 Å². The molecule has 0 unspecified atom stereocenters. The molecule has 2 rings (SSSR count). The van der Waals surface area contributed by atoms with Crippen LogP contribution in [0.3, 0.4) is 0 Å². The third-order valence-corrected chi connectivity index (χ3v) is 6.57. The standard InChI is InChI=1S/C28H40N4O6/c1-6-38-26(35)18-31(17-22-11-8-7-9-12-22)28(37)23-13-10-14-32(23)27(36)21(4)15-24(20(2)3)30(5)25(34)16-29-19-33/h7-9,11-12,15,19-20,23-24H,6,10,13-14,16-18H2,1-5H3,(H,29,33)/b21-15+/t23-,24+/m0/s1. The molecule has 0 aromatic heterocycles. The quantitative estimate of drug-likeness (QED) is 0.237. The Balaban J connectivity index is 2.24. The third kappa shape index (κ3) is 8.43. The smallest absolute Gasteiger partial charge is 0.325 e. The van der Waals surface area contributed by atoms with Crippen LogP contribution in [0.5, 0.6) is 0 Å². The number of benzene rings is 1. The molecule has 1 aliphatic rings. The predicted molar refractivity (Wildman–Crippen MR) is 142 cm³/mol. The number of nitrogens with one attached hydrogen (secondary N) is 1. The Labute approximate surface area is 225 Å². The Morgan fingerprint density at radius 3 is 2.47 bits per heavy atom. The van der Waals surface area contributed by atoms with Crippen molar-refractivity contribution in [2.75, 3.05) is 33.3 Å². The minimum Gasteiger partial charge on any atom is -0.465 e. The van der Waals surface area contributed by atoms with Gasteiger partial charge in [0, 0.05) is 25.7 Å². The van der Waals surface area contributed by atoms with E-state index in [-0.39, 0.29) is 55.9 Å². The molecule has 0 spiro atoms. The summed E-state index contributed by atoms with van der Waals surface area (Å²) in [5.74, 6) is -1.36. The van der Waals surface area contributed by atoms with Gasteiger partial charge in [-0.1, -0.05) is 50.3 Å². The van der Waals surface area contributed by atoms with Crippen molar-refractivity contribution in [1.29, 1.82) is 0 Å². The molecular weight excluding hydrogens is 488 g/mol. The van der Waals surface area contributed by atoms with Gasteiger partial charge >= 0.3 is 5.97 Å². The largest absolute Gasteiger partial charge is 0.465 e. The first-order chi connectivity index (χ1) is 18.1. The van der Waals surface area contributed by atoms with Crippen LogP contribution in [0.1, 0.15) is 46.1 Å². The summed E-state index contributed by atoms with van der Waals surface area (Å²) in [6, 6.07) is 8.29. The second kappa shape index (κ2) is 14.9. The van der Waals surface area contributed by atoms with Gasteiger partial charge in [0.2, 0.25) is 24.1 Å². The number of hydrogen-bond acceptors (Lipinski definition) is 6. The fourth-order valence-corrected chi connectivity index (χ4v) is 4.58. The highest BCUT2D eigenvalue weighted by atomic mass is 16.5. The Bertz CT molecular complexity index is 1010. The maximum absolute atomic E-state index is 13.7. The van der Waals surface area contributed by atoms with Crippen LogP contribution in [-0.2, 0) is 35.3 Å². The SMILES string of the molecule is CCOC(=O)CN(Cc1ccccc1)C(=O)[C@@H]1CCCN1C(=O)/C(C)=C/[C@H](C(C)C)N(C)C(=O)CNC=O. The topological polar surface area (TPSA) is 116 Å². The van der Waals surface area contributed by atoms with Crippen molar-refractivity contribution in [1.82, 2.24) is 20.0 Å². The van der Waals surface area contributed by atoms with E-state index in [1.165, 1.54) is 9.80 Å². The maximum atomic E-state index is 13.7. The normalized spacial score (nSPS) is 16.1. The van der Waals surface area contributed by atoms with E-state index < -0.39 is 12.0 Å². The second-order valence-corrected chi connectivity index (χ2v) is 9.73. The van der Waals surface area contributed by atoms with Crippen LogP contribution in [0, 0.1) is 5.92 Å². The van der Waals surface area contributed by atoms with E-state index in [1.807, 2.05) is 44.2 Å². The van der Waals surface area contributed by atoms with Crippen molar-refractivity contribution in [3.8, 4) is 0 Å². The van der Waals surface area contributed by atoms with Crippen molar-refractivity contribution in [3.63, 3.8) is 0 Å². The Morgan fingerprint density at radius 2 is 1.87 bits per heavy atom. The van der Waals surface area contributed by atoms with Crippen LogP contribution in [0.4, 0.5) is 0 Å². The van der Waals surface area contributed by atoms with Gasteiger partial charge in [0.1, 0.15) is 12.6 Å². The molecular formula is C28H40N4O6. The number of likely N-dealkylation sites (tertiary alicyclic amines) is 1. The first-order valence-corrected chi connectivity index (χ1v) is 13.0. The molecule has 0 radical (unpaired) electrons. The fraction of sp³-hybridized carbons (Fsp3) is 0.536. The Morgan fingerprint density at radius 1 is 1.18 bits per heavy atom. The van der Waals surface area contributed by atoms with Gasteiger partial charge in [-0.15, -0.1) is 0 Å². The minimum absolute atomic E-state index is 0.00452. The van der Waals surface area contributed by atoms with Crippen molar-refractivity contribution in [3.05, 3.63) is 47.5 Å². The number of esters is 1. The van der Waals surface area contributed by atoms with Gasteiger partial charge in [-0.05, 0) is 38.2 Å². The third-order valence-electron chi connectivity index (χ3n) is 6.57. The lowest BCUT2D eigenvalue weighted by Gasteiger charge is -2.32. The van der Waals surface area contributed by atoms with Gasteiger partial charge in [0.15, 0.2) is 0 Å². The molecule has 1 N–H and O–H groups in total. The van der Waals surface area contributed by atoms with Crippen LogP contribution in [-0.4, -0.2) is 90.2 Å². The van der Waals surface area contributed by atoms with Crippen molar-refractivity contribution in [2.24, 2.45) is 5.92 Å². The lowest BCUT2D eigenvalue weighted by molar-refractivity contribution is -0.151. The van der Waals surface area contributed by atoms with Crippen LogP contribution in [0.25, 0.3) is 0 Å². The molecule has 0 saturated carbocycles. The predicted octanol–water partition coefficient (Wildman–Crippen LogP) is 1.74. The number of likely N-dealkylation sites (N-methyl/N-ethyl adjacent to an activating group) is 1. The van der Waals surface area contributed by atoms with E-state index in [0.717, 1.165) is 5.56 Å². The molecule has 1 heterocycles. The first kappa shape index (κ1) is 30.5. The molecule has 208 valence electrons. The second-order valence-electron chi connectivity index (χ2n) is 9.73. The van der Waals surface area contributed by atoms with E-state index >= 15 is 0 Å². The average Bonchev–Trinajstić information content (AvgIpc) is 3.39. The summed E-state index contributed by atoms with van der Waals surface area (Å²) in [5, 5.41) is 2.37. The molecule has 10 heteroatoms. The van der Waals surface area contributed by atoms with Crippen LogP contribution >= 0.6 is 0 Å². The van der Waals surface area contributed by atoms with Gasteiger partial charge in [-0.3, -0.25) is 24.0 Å². The molecule has 4 amide bonds. The molecule has 1 aliphatic heterocycles. The summed E-state index contributed by atoms with van der Waals surface area (Å²) >= 11 is 0. The Kier molecular flexibility index (Phi) is 12.0. The van der Waals surface area contributed by atoms with Gasteiger partial charge in [-0.25, -0.2) is 0 Å². The minimum atomic E-state index is -0.697. The summed E-state index contributed by atoms with van der Waals surface area (Å²) in [7, 11) is 1.63. The Hall–Kier alpha value is -3.69. The highest BCUT2D eigenvalue weighted by molar-refractivity contribution is 5.97. The van der Waals surface area contributed by atoms with Gasteiger partial charge < -0.3 is 24.8 Å². The zero-order valence-electron chi connectivity index (χ0n) is 23.0. The van der Waals surface area contributed by atoms with E-state index in [9.17, 15) is 24.0 Å². The molecule has 1 saturated heterocycles. The lowest BCUT2D eigenvalue weighted by atomic mass is 9.99. The summed E-state index contributed by atoms with van der Waals surface area (Å²) < 4.78 is 5.09. The number of ether oxygens (including phenoxy) is 1. The highest BCUT2D eigenvalue weighted by Crippen LogP contribution is 2.24. The van der Waals surface area contributed by atoms with E-state index in [0.29, 0.717) is 31.4 Å². The number of amides is 4. The zero-order chi connectivity index (χ0) is 28.2. The van der Waals surface area contributed by atoms with Gasteiger partial charge in [0.25, 0.3) is 0 Å². The number of carbonyl (C=O) groups excluding carboxylic acids is 5. The zero-order valence-corrected chi connectivity index (χ0v) is 23.0. The van der Waals surface area contributed by atoms with Gasteiger partial charge in [0.05, 0.1) is 19.2 Å². The van der Waals surface area contributed by atoms with E-state index in [4.69, 9.17) is 4.74 Å². The van der Waals surface area contributed by atoms with Crippen molar-refractivity contribution in [2.45, 2.75) is 59.2 Å². The van der Waals surface area contributed by atoms with Crippen LogP contribution < -0.4 is 5.32 Å². The number of carbonyl (C=O) groups is 5. The summed E-state index contributed by atoms with van der Waals surface area (Å²) in [6.07, 6.45) is 3.37. The molecule has 38 heavy (non-hydrogen) atoms. The first-order valence-electron chi connectivity index (χ1n) is 13.0. The highest BCUT2D eigenvalue weighted by Gasteiger charge is 2.38. The molecule has 1 aromatic rings. The number of rotatable bonds is 13. The summed E-state index contributed by atoms with van der Waals surface area (Å²) in [4.78, 5) is 67.0.